The third kappa shape index (κ3) is 5.44. The Bertz CT molecular complexity index is 619. The monoisotopic (exact) mass is 370 g/mol. The maximum absolute atomic E-state index is 12.9. The van der Waals surface area contributed by atoms with Gasteiger partial charge in [0.1, 0.15) is 0 Å². The maximum Gasteiger partial charge on any atom is 0.530 e. The first kappa shape index (κ1) is 20.2. The molecule has 0 saturated heterocycles. The van der Waals surface area contributed by atoms with E-state index >= 15 is 0 Å². The largest absolute Gasteiger partial charge is 0.530 e. The van der Waals surface area contributed by atoms with E-state index in [-0.39, 0.29) is 18.0 Å². The molecule has 0 bridgehead atoms. The first-order valence-corrected chi connectivity index (χ1v) is 10.6. The molecule has 1 heterocycles. The maximum atomic E-state index is 12.9. The Hall–Kier alpha value is -1.10. The van der Waals surface area contributed by atoms with Gasteiger partial charge in [0.2, 0.25) is 0 Å². The third-order valence-electron chi connectivity index (χ3n) is 4.07. The van der Waals surface area contributed by atoms with E-state index in [1.165, 1.54) is 19.3 Å². The summed E-state index contributed by atoms with van der Waals surface area (Å²) in [7, 11) is -3.76. The van der Waals surface area contributed by atoms with Crippen molar-refractivity contribution in [2.75, 3.05) is 0 Å². The van der Waals surface area contributed by atoms with Crippen LogP contribution in [0.3, 0.4) is 0 Å². The fraction of sp³-hybridized carbons (Fsp3) is 0.722. The molecule has 0 spiro atoms. The molecule has 1 aliphatic rings. The van der Waals surface area contributed by atoms with Crippen molar-refractivity contribution in [1.82, 2.24) is 9.55 Å². The lowest BCUT2D eigenvalue weighted by molar-refractivity contribution is 0.0972. The molecule has 7 heteroatoms. The quantitative estimate of drug-likeness (QED) is 0.437. The van der Waals surface area contributed by atoms with E-state index in [9.17, 15) is 4.57 Å². The van der Waals surface area contributed by atoms with Crippen LogP contribution in [0.15, 0.2) is 12.8 Å². The Morgan fingerprint density at radius 2 is 1.76 bits per heavy atom. The first-order chi connectivity index (χ1) is 11.7. The van der Waals surface area contributed by atoms with Crippen LogP contribution in [0.5, 0.6) is 0 Å². The zero-order valence-electron chi connectivity index (χ0n) is 16.0. The zero-order chi connectivity index (χ0) is 18.6. The highest BCUT2D eigenvalue weighted by Gasteiger charge is 2.34. The van der Waals surface area contributed by atoms with Gasteiger partial charge >= 0.3 is 7.82 Å². The summed E-state index contributed by atoms with van der Waals surface area (Å²) >= 11 is 0. The average molecular weight is 370 g/mol. The zero-order valence-corrected chi connectivity index (χ0v) is 16.9. The highest BCUT2D eigenvalue weighted by atomic mass is 31.2. The second-order valence-corrected chi connectivity index (χ2v) is 8.65. The molecule has 0 amide bonds. The normalized spacial score (nSPS) is 16.6. The number of imidazole rings is 1. The number of hydrogen-bond donors (Lipinski definition) is 0. The van der Waals surface area contributed by atoms with Crippen LogP contribution in [0.1, 0.15) is 77.4 Å². The Labute approximate surface area is 151 Å². The first-order valence-electron chi connectivity index (χ1n) is 9.11. The summed E-state index contributed by atoms with van der Waals surface area (Å²) in [6, 6.07) is 0.378. The molecule has 142 valence electrons. The molecule has 0 aromatic carbocycles. The lowest BCUT2D eigenvalue weighted by atomic mass is 9.95. The van der Waals surface area contributed by atoms with Gasteiger partial charge in [-0.05, 0) is 47.5 Å². The van der Waals surface area contributed by atoms with Crippen LogP contribution in [-0.4, -0.2) is 21.8 Å². The molecule has 25 heavy (non-hydrogen) atoms. The molecule has 0 atom stereocenters. The molecule has 6 nitrogen and oxygen atoms in total. The van der Waals surface area contributed by atoms with Gasteiger partial charge < -0.3 is 9.09 Å². The molecular formula is C18H31N2O4P. The Balaban J connectivity index is 2.23. The highest BCUT2D eigenvalue weighted by Crippen LogP contribution is 2.54. The minimum absolute atomic E-state index is 0.225. The SMILES string of the molecule is C=C(OP(=O)(OC(C)C)OC(C)C)c1ncc(C)n1C1CCCCC1. The summed E-state index contributed by atoms with van der Waals surface area (Å²) < 4.78 is 31.6. The third-order valence-corrected chi connectivity index (χ3v) is 5.88. The summed E-state index contributed by atoms with van der Waals surface area (Å²) in [4.78, 5) is 4.44. The molecule has 1 aromatic rings. The second kappa shape index (κ2) is 8.52. The van der Waals surface area contributed by atoms with Gasteiger partial charge in [-0.25, -0.2) is 9.55 Å². The van der Waals surface area contributed by atoms with Crippen molar-refractivity contribution < 1.29 is 18.1 Å². The molecular weight excluding hydrogens is 339 g/mol. The van der Waals surface area contributed by atoms with Crippen molar-refractivity contribution in [3.8, 4) is 0 Å². The number of nitrogens with zero attached hydrogens (tertiary/aromatic N) is 2. The van der Waals surface area contributed by atoms with E-state index in [0.29, 0.717) is 11.9 Å². The molecule has 0 radical (unpaired) electrons. The van der Waals surface area contributed by atoms with E-state index < -0.39 is 7.82 Å². The van der Waals surface area contributed by atoms with E-state index in [1.54, 1.807) is 33.9 Å². The van der Waals surface area contributed by atoms with Gasteiger partial charge in [0, 0.05) is 17.9 Å². The number of aromatic nitrogens is 2. The molecule has 1 saturated carbocycles. The van der Waals surface area contributed by atoms with Crippen LogP contribution in [0.2, 0.25) is 0 Å². The number of phosphoric acid groups is 1. The van der Waals surface area contributed by atoms with Gasteiger partial charge in [0.05, 0.1) is 12.2 Å². The van der Waals surface area contributed by atoms with Crippen LogP contribution in [0.25, 0.3) is 5.76 Å². The molecule has 2 rings (SSSR count). The van der Waals surface area contributed by atoms with Gasteiger partial charge in [0.25, 0.3) is 0 Å². The standard InChI is InChI=1S/C18H31N2O4P/c1-13(2)22-25(21,23-14(3)4)24-16(6)18-19-12-15(5)20(18)17-10-8-7-9-11-17/h12-14,17H,6-11H2,1-5H3. The molecule has 0 N–H and O–H groups in total. The smallest absolute Gasteiger partial charge is 0.401 e. The minimum atomic E-state index is -3.76. The number of aryl methyl sites for hydroxylation is 1. The van der Waals surface area contributed by atoms with Crippen molar-refractivity contribution in [2.45, 2.75) is 85.0 Å². The van der Waals surface area contributed by atoms with Crippen molar-refractivity contribution in [2.24, 2.45) is 0 Å². The number of rotatable bonds is 8. The summed E-state index contributed by atoms with van der Waals surface area (Å²) in [5, 5.41) is 0. The predicted octanol–water partition coefficient (Wildman–Crippen LogP) is 5.64. The molecule has 0 aliphatic heterocycles. The van der Waals surface area contributed by atoms with Crippen LogP contribution in [-0.2, 0) is 18.1 Å². The molecule has 1 fully saturated rings. The van der Waals surface area contributed by atoms with Crippen molar-refractivity contribution in [1.29, 1.82) is 0 Å². The van der Waals surface area contributed by atoms with Crippen LogP contribution >= 0.6 is 7.82 Å². The molecule has 1 aromatic heterocycles. The fourth-order valence-corrected chi connectivity index (χ4v) is 4.73. The van der Waals surface area contributed by atoms with Gasteiger partial charge in [-0.3, -0.25) is 9.05 Å². The average Bonchev–Trinajstić information content (AvgIpc) is 2.87. The highest BCUT2D eigenvalue weighted by molar-refractivity contribution is 7.48. The van der Waals surface area contributed by atoms with E-state index in [1.807, 2.05) is 6.92 Å². The Morgan fingerprint density at radius 3 is 2.28 bits per heavy atom. The van der Waals surface area contributed by atoms with Gasteiger partial charge in [-0.15, -0.1) is 0 Å². The Kier molecular flexibility index (Phi) is 6.89. The van der Waals surface area contributed by atoms with Crippen molar-refractivity contribution >= 4 is 13.6 Å². The molecule has 0 unspecified atom stereocenters. The fourth-order valence-electron chi connectivity index (χ4n) is 3.21. The minimum Gasteiger partial charge on any atom is -0.401 e. The molecule has 1 aliphatic carbocycles. The van der Waals surface area contributed by atoms with Gasteiger partial charge in [-0.2, -0.15) is 0 Å². The van der Waals surface area contributed by atoms with E-state index in [2.05, 4.69) is 16.1 Å². The Morgan fingerprint density at radius 1 is 1.20 bits per heavy atom. The summed E-state index contributed by atoms with van der Waals surface area (Å²) in [6.07, 6.45) is 7.13. The summed E-state index contributed by atoms with van der Waals surface area (Å²) in [5.41, 5.74) is 1.05. The van der Waals surface area contributed by atoms with E-state index in [0.717, 1.165) is 18.5 Å². The lowest BCUT2D eigenvalue weighted by Gasteiger charge is -2.27. The predicted molar refractivity (Wildman–Crippen MR) is 99.3 cm³/mol. The summed E-state index contributed by atoms with van der Waals surface area (Å²) in [5.74, 6) is 0.827. The van der Waals surface area contributed by atoms with Crippen LogP contribution in [0.4, 0.5) is 0 Å². The summed E-state index contributed by atoms with van der Waals surface area (Å²) in [6.45, 7) is 13.1. The van der Waals surface area contributed by atoms with Crippen LogP contribution < -0.4 is 0 Å². The second-order valence-electron chi connectivity index (χ2n) is 7.16. The lowest BCUT2D eigenvalue weighted by Crippen LogP contribution is -2.17. The number of hydrogen-bond acceptors (Lipinski definition) is 5. The van der Waals surface area contributed by atoms with Crippen molar-refractivity contribution in [3.05, 3.63) is 24.3 Å². The van der Waals surface area contributed by atoms with Gasteiger partial charge in [-0.1, -0.05) is 25.8 Å². The number of phosphoric ester groups is 1. The topological polar surface area (TPSA) is 62.6 Å². The van der Waals surface area contributed by atoms with Crippen LogP contribution in [0, 0.1) is 6.92 Å². The van der Waals surface area contributed by atoms with E-state index in [4.69, 9.17) is 13.6 Å². The van der Waals surface area contributed by atoms with Gasteiger partial charge in [0.15, 0.2) is 11.6 Å². The van der Waals surface area contributed by atoms with Crippen molar-refractivity contribution in [3.63, 3.8) is 0 Å².